The minimum atomic E-state index is -1.12. The van der Waals surface area contributed by atoms with E-state index in [0.717, 1.165) is 43.1 Å². The first-order valence-electron chi connectivity index (χ1n) is 16.7. The van der Waals surface area contributed by atoms with Gasteiger partial charge in [0.2, 0.25) is 0 Å². The van der Waals surface area contributed by atoms with Crippen molar-refractivity contribution in [1.82, 2.24) is 0 Å². The van der Waals surface area contributed by atoms with Gasteiger partial charge in [0.25, 0.3) is 0 Å². The molecule has 0 saturated heterocycles. The van der Waals surface area contributed by atoms with E-state index in [9.17, 15) is 25.2 Å². The molecule has 43 heavy (non-hydrogen) atoms. The molecule has 0 aromatic rings. The molecule has 6 nitrogen and oxygen atoms in total. The second-order valence-corrected chi connectivity index (χ2v) is 13.5. The van der Waals surface area contributed by atoms with Crippen molar-refractivity contribution in [1.29, 1.82) is 0 Å². The maximum Gasteiger partial charge on any atom is 0.145 e. The predicted octanol–water partition coefficient (Wildman–Crippen LogP) is 6.69. The second-order valence-electron chi connectivity index (χ2n) is 13.5. The number of ether oxygens (including phenoxy) is 1. The SMILES string of the molecule is CC(C)=CCCC(C=CC=C(COCCO)C1CCC2(C(CCCO)C(=C(C)C=O)CCC2(C)O)C1O)=C1CCCCC1. The quantitative estimate of drug-likeness (QED) is 0.0584. The normalized spacial score (nSPS) is 31.1. The van der Waals surface area contributed by atoms with Crippen LogP contribution < -0.4 is 0 Å². The van der Waals surface area contributed by atoms with Crippen molar-refractivity contribution < 1.29 is 30.0 Å². The Labute approximate surface area is 260 Å². The number of aldehydes is 1. The zero-order valence-corrected chi connectivity index (χ0v) is 27.2. The smallest absolute Gasteiger partial charge is 0.145 e. The highest BCUT2D eigenvalue weighted by atomic mass is 16.5. The Morgan fingerprint density at radius 1 is 1.05 bits per heavy atom. The number of carbonyl (C=O) groups excluding carboxylic acids is 1. The maximum atomic E-state index is 12.2. The summed E-state index contributed by atoms with van der Waals surface area (Å²) in [7, 11) is 0. The lowest BCUT2D eigenvalue weighted by atomic mass is 9.52. The number of carbonyl (C=O) groups is 1. The highest BCUT2D eigenvalue weighted by Crippen LogP contribution is 2.63. The molecule has 242 valence electrons. The molecule has 1 spiro atoms. The fourth-order valence-corrected chi connectivity index (χ4v) is 8.18. The summed E-state index contributed by atoms with van der Waals surface area (Å²) in [6.07, 6.45) is 20.5. The van der Waals surface area contributed by atoms with Gasteiger partial charge in [-0.1, -0.05) is 47.4 Å². The van der Waals surface area contributed by atoms with Crippen LogP contribution in [0.5, 0.6) is 0 Å². The van der Waals surface area contributed by atoms with E-state index in [-0.39, 0.29) is 31.7 Å². The molecule has 0 aromatic carbocycles. The van der Waals surface area contributed by atoms with Gasteiger partial charge in [-0.2, -0.15) is 0 Å². The summed E-state index contributed by atoms with van der Waals surface area (Å²) in [6.45, 7) is 8.42. The lowest BCUT2D eigenvalue weighted by molar-refractivity contribution is -0.167. The Morgan fingerprint density at radius 2 is 1.79 bits per heavy atom. The summed E-state index contributed by atoms with van der Waals surface area (Å²) < 4.78 is 5.83. The van der Waals surface area contributed by atoms with Crippen molar-refractivity contribution in [3.05, 3.63) is 57.7 Å². The van der Waals surface area contributed by atoms with Crippen molar-refractivity contribution in [2.75, 3.05) is 26.4 Å². The first-order valence-corrected chi connectivity index (χ1v) is 16.7. The highest BCUT2D eigenvalue weighted by molar-refractivity contribution is 5.74. The van der Waals surface area contributed by atoms with E-state index in [1.807, 2.05) is 13.8 Å². The summed E-state index contributed by atoms with van der Waals surface area (Å²) >= 11 is 0. The van der Waals surface area contributed by atoms with E-state index in [0.29, 0.717) is 50.7 Å². The Morgan fingerprint density at radius 3 is 2.44 bits per heavy atom. The summed E-state index contributed by atoms with van der Waals surface area (Å²) in [6, 6.07) is 0. The van der Waals surface area contributed by atoms with Crippen LogP contribution in [0.3, 0.4) is 0 Å². The molecule has 4 N–H and O–H groups in total. The van der Waals surface area contributed by atoms with E-state index >= 15 is 0 Å². The minimum Gasteiger partial charge on any atom is -0.396 e. The van der Waals surface area contributed by atoms with Crippen LogP contribution in [0.2, 0.25) is 0 Å². The van der Waals surface area contributed by atoms with E-state index in [2.05, 4.69) is 38.2 Å². The molecule has 0 aliphatic heterocycles. The third kappa shape index (κ3) is 8.67. The Hall–Kier alpha value is -1.83. The van der Waals surface area contributed by atoms with Crippen LogP contribution in [0.15, 0.2) is 57.7 Å². The van der Waals surface area contributed by atoms with Gasteiger partial charge in [-0.25, -0.2) is 0 Å². The number of hydrogen-bond acceptors (Lipinski definition) is 6. The van der Waals surface area contributed by atoms with Gasteiger partial charge < -0.3 is 25.2 Å². The molecule has 6 heteroatoms. The first-order chi connectivity index (χ1) is 20.6. The minimum absolute atomic E-state index is 0.0259. The summed E-state index contributed by atoms with van der Waals surface area (Å²) in [4.78, 5) is 11.9. The topological polar surface area (TPSA) is 107 Å². The standard InChI is InChI=1S/C37H58O6/c1-27(2)11-8-14-30(29-12-6-5-7-13-29)15-9-16-31(26-43-24-23-39)33-19-21-37(35(33)41)34(17-10-22-38)32(28(3)25-40)18-20-36(37,4)42/h9,11,15-16,25,33-35,38-39,41-42H,5-8,10,12-14,17-24,26H2,1-4H3. The molecule has 0 heterocycles. The van der Waals surface area contributed by atoms with Gasteiger partial charge >= 0.3 is 0 Å². The lowest BCUT2D eigenvalue weighted by Gasteiger charge is -2.55. The van der Waals surface area contributed by atoms with E-state index in [1.54, 1.807) is 5.57 Å². The summed E-state index contributed by atoms with van der Waals surface area (Å²) in [5.74, 6) is -0.416. The molecular weight excluding hydrogens is 540 g/mol. The fourth-order valence-electron chi connectivity index (χ4n) is 8.18. The van der Waals surface area contributed by atoms with Crippen LogP contribution in [0.4, 0.5) is 0 Å². The number of aliphatic hydroxyl groups excluding tert-OH is 3. The highest BCUT2D eigenvalue weighted by Gasteiger charge is 2.63. The maximum absolute atomic E-state index is 12.2. The third-order valence-electron chi connectivity index (χ3n) is 10.5. The van der Waals surface area contributed by atoms with Crippen molar-refractivity contribution in [2.45, 2.75) is 123 Å². The molecule has 5 atom stereocenters. The Balaban J connectivity index is 1.99. The van der Waals surface area contributed by atoms with Gasteiger partial charge in [-0.05, 0) is 127 Å². The van der Waals surface area contributed by atoms with Crippen LogP contribution in [0, 0.1) is 17.3 Å². The van der Waals surface area contributed by atoms with Crippen molar-refractivity contribution in [2.24, 2.45) is 17.3 Å². The van der Waals surface area contributed by atoms with Gasteiger partial charge in [-0.15, -0.1) is 0 Å². The van der Waals surface area contributed by atoms with Crippen molar-refractivity contribution >= 4 is 6.29 Å². The van der Waals surface area contributed by atoms with Crippen molar-refractivity contribution in [3.8, 4) is 0 Å². The monoisotopic (exact) mass is 598 g/mol. The van der Waals surface area contributed by atoms with Crippen LogP contribution in [0.1, 0.15) is 111 Å². The molecule has 0 amide bonds. The fraction of sp³-hybridized carbons (Fsp3) is 0.703. The predicted molar refractivity (Wildman–Crippen MR) is 173 cm³/mol. The van der Waals surface area contributed by atoms with E-state index in [1.165, 1.54) is 30.4 Å². The van der Waals surface area contributed by atoms with E-state index in [4.69, 9.17) is 4.74 Å². The Kier molecular flexibility index (Phi) is 14.1. The molecule has 5 unspecified atom stereocenters. The van der Waals surface area contributed by atoms with Gasteiger partial charge in [0.15, 0.2) is 0 Å². The lowest BCUT2D eigenvalue weighted by Crippen LogP contribution is -2.59. The molecule has 0 bridgehead atoms. The molecule has 3 fully saturated rings. The number of aliphatic hydroxyl groups is 4. The molecule has 3 saturated carbocycles. The average Bonchev–Trinajstić information content (AvgIpc) is 3.34. The molecule has 0 radical (unpaired) electrons. The molecular formula is C37H58O6. The Bertz CT molecular complexity index is 1060. The van der Waals surface area contributed by atoms with Gasteiger partial charge in [0.1, 0.15) is 6.29 Å². The molecule has 0 aromatic heterocycles. The van der Waals surface area contributed by atoms with Gasteiger partial charge in [-0.3, -0.25) is 4.79 Å². The number of rotatable bonds is 14. The van der Waals surface area contributed by atoms with Gasteiger partial charge in [0.05, 0.1) is 31.5 Å². The van der Waals surface area contributed by atoms with E-state index < -0.39 is 17.1 Å². The zero-order valence-electron chi connectivity index (χ0n) is 27.2. The summed E-state index contributed by atoms with van der Waals surface area (Å²) in [5, 5.41) is 43.3. The summed E-state index contributed by atoms with van der Waals surface area (Å²) in [5.41, 5.74) is 5.00. The van der Waals surface area contributed by atoms with Crippen LogP contribution in [-0.2, 0) is 9.53 Å². The zero-order chi connectivity index (χ0) is 31.5. The first kappa shape index (κ1) is 35.6. The third-order valence-corrected chi connectivity index (χ3v) is 10.5. The van der Waals surface area contributed by atoms with Crippen LogP contribution in [-0.4, -0.2) is 64.8 Å². The van der Waals surface area contributed by atoms with Crippen LogP contribution >= 0.6 is 0 Å². The molecule has 3 rings (SSSR count). The average molecular weight is 599 g/mol. The molecule has 3 aliphatic rings. The van der Waals surface area contributed by atoms with Crippen molar-refractivity contribution in [3.63, 3.8) is 0 Å². The van der Waals surface area contributed by atoms with Crippen LogP contribution in [0.25, 0.3) is 0 Å². The van der Waals surface area contributed by atoms with Gasteiger partial charge in [0, 0.05) is 17.9 Å². The number of allylic oxidation sites excluding steroid dienone is 9. The molecule has 3 aliphatic carbocycles. The second kappa shape index (κ2) is 17.0. The largest absolute Gasteiger partial charge is 0.396 e. The number of hydrogen-bond donors (Lipinski definition) is 4.